The summed E-state index contributed by atoms with van der Waals surface area (Å²) >= 11 is 0. The van der Waals surface area contributed by atoms with E-state index >= 15 is 0 Å². The smallest absolute Gasteiger partial charge is 0.306 e. The van der Waals surface area contributed by atoms with Gasteiger partial charge >= 0.3 is 5.97 Å². The fourth-order valence-corrected chi connectivity index (χ4v) is 1.64. The third-order valence-corrected chi connectivity index (χ3v) is 2.94. The minimum absolute atomic E-state index is 0.0804. The highest BCUT2D eigenvalue weighted by molar-refractivity contribution is 5.94. The number of amides is 1. The lowest BCUT2D eigenvalue weighted by Gasteiger charge is -2.08. The van der Waals surface area contributed by atoms with Crippen LogP contribution < -0.4 is 10.1 Å². The Morgan fingerprint density at radius 2 is 2.15 bits per heavy atom. The second-order valence-corrected chi connectivity index (χ2v) is 4.49. The first-order valence-corrected chi connectivity index (χ1v) is 6.30. The Balaban J connectivity index is 2.43. The van der Waals surface area contributed by atoms with Crippen LogP contribution in [0.15, 0.2) is 18.2 Å². The van der Waals surface area contributed by atoms with Gasteiger partial charge in [-0.15, -0.1) is 0 Å². The summed E-state index contributed by atoms with van der Waals surface area (Å²) in [6, 6.07) is 3.96. The molecule has 1 amide bonds. The topological polar surface area (TPSA) is 75.6 Å². The van der Waals surface area contributed by atoms with Gasteiger partial charge in [0, 0.05) is 12.1 Å². The Kier molecular flexibility index (Phi) is 5.96. The lowest BCUT2D eigenvalue weighted by Crippen LogP contribution is -2.25. The van der Waals surface area contributed by atoms with E-state index in [0.29, 0.717) is 19.4 Å². The molecule has 5 nitrogen and oxygen atoms in total. The summed E-state index contributed by atoms with van der Waals surface area (Å²) in [5.41, 5.74) is 0.203. The lowest BCUT2D eigenvalue weighted by atomic mass is 10.1. The van der Waals surface area contributed by atoms with E-state index in [1.165, 1.54) is 19.2 Å². The van der Waals surface area contributed by atoms with Gasteiger partial charge in [-0.2, -0.15) is 0 Å². The minimum Gasteiger partial charge on any atom is -0.494 e. The van der Waals surface area contributed by atoms with Gasteiger partial charge in [0.2, 0.25) is 0 Å². The van der Waals surface area contributed by atoms with Crippen LogP contribution in [0.5, 0.6) is 5.75 Å². The van der Waals surface area contributed by atoms with E-state index < -0.39 is 23.6 Å². The third-order valence-electron chi connectivity index (χ3n) is 2.94. The standard InChI is InChI=1S/C14H18FNO4/c1-9(14(18)19)4-3-7-16-13(17)10-5-6-12(20-2)11(15)8-10/h5-6,8-9H,3-4,7H2,1-2H3,(H,16,17)(H,18,19). The molecule has 0 heterocycles. The maximum Gasteiger partial charge on any atom is 0.306 e. The van der Waals surface area contributed by atoms with Crippen molar-refractivity contribution in [2.75, 3.05) is 13.7 Å². The summed E-state index contributed by atoms with van der Waals surface area (Å²) in [6.07, 6.45) is 1.03. The quantitative estimate of drug-likeness (QED) is 0.751. The zero-order chi connectivity index (χ0) is 15.1. The highest BCUT2D eigenvalue weighted by Gasteiger charge is 2.12. The van der Waals surface area contributed by atoms with Crippen LogP contribution in [0.4, 0.5) is 4.39 Å². The van der Waals surface area contributed by atoms with Crippen molar-refractivity contribution in [3.63, 3.8) is 0 Å². The third kappa shape index (κ3) is 4.53. The van der Waals surface area contributed by atoms with Crippen molar-refractivity contribution in [3.8, 4) is 5.75 Å². The summed E-state index contributed by atoms with van der Waals surface area (Å²) in [6.45, 7) is 1.97. The predicted octanol–water partition coefficient (Wildman–Crippen LogP) is 2.07. The van der Waals surface area contributed by atoms with Crippen LogP contribution >= 0.6 is 0 Å². The van der Waals surface area contributed by atoms with Crippen molar-refractivity contribution in [1.82, 2.24) is 5.32 Å². The molecular formula is C14H18FNO4. The zero-order valence-corrected chi connectivity index (χ0v) is 11.5. The Hall–Kier alpha value is -2.11. The average molecular weight is 283 g/mol. The zero-order valence-electron chi connectivity index (χ0n) is 11.5. The summed E-state index contributed by atoms with van der Waals surface area (Å²) in [4.78, 5) is 22.3. The first-order chi connectivity index (χ1) is 9.45. The van der Waals surface area contributed by atoms with E-state index in [1.807, 2.05) is 0 Å². The molecule has 2 N–H and O–H groups in total. The number of carboxylic acids is 1. The van der Waals surface area contributed by atoms with Gasteiger partial charge in [-0.1, -0.05) is 6.92 Å². The summed E-state index contributed by atoms with van der Waals surface area (Å²) in [5, 5.41) is 11.3. The van der Waals surface area contributed by atoms with Crippen LogP contribution in [0.3, 0.4) is 0 Å². The van der Waals surface area contributed by atoms with E-state index in [2.05, 4.69) is 5.32 Å². The highest BCUT2D eigenvalue weighted by atomic mass is 19.1. The number of nitrogens with one attached hydrogen (secondary N) is 1. The summed E-state index contributed by atoms with van der Waals surface area (Å²) in [5.74, 6) is -2.20. The number of hydrogen-bond donors (Lipinski definition) is 2. The first-order valence-electron chi connectivity index (χ1n) is 6.30. The number of benzene rings is 1. The number of carbonyl (C=O) groups excluding carboxylic acids is 1. The molecule has 1 aromatic rings. The molecule has 20 heavy (non-hydrogen) atoms. The molecular weight excluding hydrogens is 265 g/mol. The molecule has 0 aromatic heterocycles. The number of ether oxygens (including phenoxy) is 1. The largest absolute Gasteiger partial charge is 0.494 e. The van der Waals surface area contributed by atoms with Crippen LogP contribution in [-0.2, 0) is 4.79 Å². The number of carboxylic acid groups (broad SMARTS) is 1. The molecule has 6 heteroatoms. The number of halogens is 1. The number of hydrogen-bond acceptors (Lipinski definition) is 3. The van der Waals surface area contributed by atoms with Gasteiger partial charge in [0.15, 0.2) is 11.6 Å². The molecule has 0 fully saturated rings. The highest BCUT2D eigenvalue weighted by Crippen LogP contribution is 2.17. The van der Waals surface area contributed by atoms with Gasteiger partial charge in [0.05, 0.1) is 13.0 Å². The summed E-state index contributed by atoms with van der Waals surface area (Å²) < 4.78 is 18.2. The molecule has 0 radical (unpaired) electrons. The van der Waals surface area contributed by atoms with Crippen LogP contribution in [0.25, 0.3) is 0 Å². The van der Waals surface area contributed by atoms with Crippen LogP contribution in [0, 0.1) is 11.7 Å². The van der Waals surface area contributed by atoms with Gasteiger partial charge < -0.3 is 15.2 Å². The Morgan fingerprint density at radius 3 is 2.70 bits per heavy atom. The average Bonchev–Trinajstić information content (AvgIpc) is 2.42. The fourth-order valence-electron chi connectivity index (χ4n) is 1.64. The van der Waals surface area contributed by atoms with E-state index in [0.717, 1.165) is 6.07 Å². The molecule has 1 atom stereocenters. The van der Waals surface area contributed by atoms with Crippen molar-refractivity contribution in [2.45, 2.75) is 19.8 Å². The second kappa shape index (κ2) is 7.47. The maximum atomic E-state index is 13.4. The normalized spacial score (nSPS) is 11.8. The Morgan fingerprint density at radius 1 is 1.45 bits per heavy atom. The first kappa shape index (κ1) is 15.9. The Labute approximate surface area is 116 Å². The van der Waals surface area contributed by atoms with E-state index in [4.69, 9.17) is 9.84 Å². The second-order valence-electron chi connectivity index (χ2n) is 4.49. The van der Waals surface area contributed by atoms with Gasteiger partial charge in [-0.3, -0.25) is 9.59 Å². The maximum absolute atomic E-state index is 13.4. The van der Waals surface area contributed by atoms with Crippen molar-refractivity contribution >= 4 is 11.9 Å². The Bertz CT molecular complexity index is 490. The van der Waals surface area contributed by atoms with Crippen molar-refractivity contribution < 1.29 is 23.8 Å². The van der Waals surface area contributed by atoms with Crippen LogP contribution in [0.1, 0.15) is 30.1 Å². The van der Waals surface area contributed by atoms with Crippen molar-refractivity contribution in [1.29, 1.82) is 0 Å². The molecule has 0 aliphatic heterocycles. The molecule has 0 saturated carbocycles. The predicted molar refractivity (Wildman–Crippen MR) is 71.3 cm³/mol. The minimum atomic E-state index is -0.853. The van der Waals surface area contributed by atoms with Crippen molar-refractivity contribution in [3.05, 3.63) is 29.6 Å². The molecule has 0 aliphatic rings. The molecule has 0 spiro atoms. The SMILES string of the molecule is COc1ccc(C(=O)NCCCC(C)C(=O)O)cc1F. The van der Waals surface area contributed by atoms with Crippen LogP contribution in [0.2, 0.25) is 0 Å². The molecule has 0 aliphatic carbocycles. The monoisotopic (exact) mass is 283 g/mol. The molecule has 1 aromatic carbocycles. The lowest BCUT2D eigenvalue weighted by molar-refractivity contribution is -0.141. The molecule has 110 valence electrons. The number of aliphatic carboxylic acids is 1. The number of carbonyl (C=O) groups is 2. The van der Waals surface area contributed by atoms with E-state index in [9.17, 15) is 14.0 Å². The number of rotatable bonds is 7. The van der Waals surface area contributed by atoms with Crippen LogP contribution in [-0.4, -0.2) is 30.6 Å². The van der Waals surface area contributed by atoms with E-state index in [-0.39, 0.29) is 11.3 Å². The van der Waals surface area contributed by atoms with E-state index in [1.54, 1.807) is 6.92 Å². The molecule has 0 saturated heterocycles. The molecule has 1 rings (SSSR count). The van der Waals surface area contributed by atoms with Gasteiger partial charge in [-0.05, 0) is 31.0 Å². The fraction of sp³-hybridized carbons (Fsp3) is 0.429. The van der Waals surface area contributed by atoms with Gasteiger partial charge in [-0.25, -0.2) is 4.39 Å². The van der Waals surface area contributed by atoms with Crippen molar-refractivity contribution in [2.24, 2.45) is 5.92 Å². The molecule has 0 bridgehead atoms. The van der Waals surface area contributed by atoms with Gasteiger partial charge in [0.1, 0.15) is 0 Å². The molecule has 1 unspecified atom stereocenters. The summed E-state index contributed by atoms with van der Waals surface area (Å²) in [7, 11) is 1.35. The van der Waals surface area contributed by atoms with Gasteiger partial charge in [0.25, 0.3) is 5.91 Å². The number of methoxy groups -OCH3 is 1.